The van der Waals surface area contributed by atoms with E-state index in [1.165, 1.54) is 0 Å². The van der Waals surface area contributed by atoms with Gasteiger partial charge in [-0.3, -0.25) is 4.79 Å². The molecule has 2 nitrogen and oxygen atoms in total. The normalized spacial score (nSPS) is 11.9. The second-order valence-electron chi connectivity index (χ2n) is 5.06. The molecule has 0 saturated heterocycles. The standard InChI is InChI=1S/C18H20ClNOS/c1-14(22-16-10-3-2-4-11-16)18(21)20-13-7-9-15-8-5-6-12-17(15)19/h2-6,8,10-12,14H,7,9,13H2,1H3,(H,20,21)/t14-/m1/s1. The van der Waals surface area contributed by atoms with Gasteiger partial charge in [0.25, 0.3) is 0 Å². The van der Waals surface area contributed by atoms with Crippen molar-refractivity contribution in [3.8, 4) is 0 Å². The highest BCUT2D eigenvalue weighted by Gasteiger charge is 2.13. The molecule has 1 atom stereocenters. The number of carbonyl (C=O) groups is 1. The van der Waals surface area contributed by atoms with Crippen molar-refractivity contribution in [2.24, 2.45) is 0 Å². The number of thioether (sulfide) groups is 1. The molecule has 0 fully saturated rings. The summed E-state index contributed by atoms with van der Waals surface area (Å²) in [5.41, 5.74) is 1.13. The van der Waals surface area contributed by atoms with E-state index in [1.807, 2.05) is 61.5 Å². The molecule has 0 aromatic heterocycles. The molecule has 2 aromatic rings. The number of rotatable bonds is 7. The minimum atomic E-state index is -0.0947. The monoisotopic (exact) mass is 333 g/mol. The Balaban J connectivity index is 1.70. The van der Waals surface area contributed by atoms with E-state index in [4.69, 9.17) is 11.6 Å². The van der Waals surface area contributed by atoms with E-state index in [1.54, 1.807) is 11.8 Å². The molecule has 0 aliphatic rings. The molecule has 0 bridgehead atoms. The zero-order chi connectivity index (χ0) is 15.8. The predicted octanol–water partition coefficient (Wildman–Crippen LogP) is 4.57. The van der Waals surface area contributed by atoms with Gasteiger partial charge < -0.3 is 5.32 Å². The van der Waals surface area contributed by atoms with E-state index < -0.39 is 0 Å². The quantitative estimate of drug-likeness (QED) is 0.594. The Labute approximate surface area is 141 Å². The van der Waals surface area contributed by atoms with E-state index in [-0.39, 0.29) is 11.2 Å². The van der Waals surface area contributed by atoms with Gasteiger partial charge in [0.1, 0.15) is 0 Å². The van der Waals surface area contributed by atoms with Crippen LogP contribution < -0.4 is 5.32 Å². The van der Waals surface area contributed by atoms with Crippen LogP contribution in [0.1, 0.15) is 18.9 Å². The fraction of sp³-hybridized carbons (Fsp3) is 0.278. The largest absolute Gasteiger partial charge is 0.355 e. The highest BCUT2D eigenvalue weighted by atomic mass is 35.5. The van der Waals surface area contributed by atoms with Crippen molar-refractivity contribution >= 4 is 29.3 Å². The van der Waals surface area contributed by atoms with Gasteiger partial charge in [-0.2, -0.15) is 0 Å². The Morgan fingerprint density at radius 1 is 1.14 bits per heavy atom. The van der Waals surface area contributed by atoms with E-state index in [0.717, 1.165) is 28.3 Å². The van der Waals surface area contributed by atoms with E-state index in [9.17, 15) is 4.79 Å². The maximum atomic E-state index is 12.1. The lowest BCUT2D eigenvalue weighted by Crippen LogP contribution is -2.31. The number of hydrogen-bond donors (Lipinski definition) is 1. The Bertz CT molecular complexity index is 603. The molecule has 0 spiro atoms. The Kier molecular flexibility index (Phi) is 6.81. The summed E-state index contributed by atoms with van der Waals surface area (Å²) in [6.45, 7) is 2.60. The Hall–Kier alpha value is -1.45. The summed E-state index contributed by atoms with van der Waals surface area (Å²) in [6, 6.07) is 17.8. The topological polar surface area (TPSA) is 29.1 Å². The predicted molar refractivity (Wildman–Crippen MR) is 94.5 cm³/mol. The summed E-state index contributed by atoms with van der Waals surface area (Å²) in [4.78, 5) is 13.2. The fourth-order valence-electron chi connectivity index (χ4n) is 2.09. The van der Waals surface area contributed by atoms with Gasteiger partial charge in [-0.1, -0.05) is 48.0 Å². The molecule has 1 amide bonds. The molecule has 0 aliphatic heterocycles. The number of aryl methyl sites for hydroxylation is 1. The molecule has 116 valence electrons. The van der Waals surface area contributed by atoms with Crippen LogP contribution in [0.4, 0.5) is 0 Å². The van der Waals surface area contributed by atoms with Gasteiger partial charge in [-0.25, -0.2) is 0 Å². The molecule has 2 aromatic carbocycles. The number of carbonyl (C=O) groups excluding carboxylic acids is 1. The summed E-state index contributed by atoms with van der Waals surface area (Å²) in [5, 5.41) is 3.69. The van der Waals surface area contributed by atoms with Crippen LogP contribution >= 0.6 is 23.4 Å². The summed E-state index contributed by atoms with van der Waals surface area (Å²) in [6.07, 6.45) is 1.76. The lowest BCUT2D eigenvalue weighted by molar-refractivity contribution is -0.120. The Morgan fingerprint density at radius 2 is 1.82 bits per heavy atom. The van der Waals surface area contributed by atoms with Gasteiger partial charge in [-0.05, 0) is 43.5 Å². The van der Waals surface area contributed by atoms with Gasteiger partial charge >= 0.3 is 0 Å². The van der Waals surface area contributed by atoms with Gasteiger partial charge in [0.05, 0.1) is 5.25 Å². The molecular weight excluding hydrogens is 314 g/mol. The summed E-state index contributed by atoms with van der Waals surface area (Å²) >= 11 is 7.69. The van der Waals surface area contributed by atoms with Crippen molar-refractivity contribution in [2.45, 2.75) is 29.9 Å². The van der Waals surface area contributed by atoms with Crippen LogP contribution in [0.2, 0.25) is 5.02 Å². The van der Waals surface area contributed by atoms with Crippen LogP contribution in [0.3, 0.4) is 0 Å². The summed E-state index contributed by atoms with van der Waals surface area (Å²) in [7, 11) is 0. The highest BCUT2D eigenvalue weighted by Crippen LogP contribution is 2.22. The first-order chi connectivity index (χ1) is 10.7. The third kappa shape index (κ3) is 5.39. The van der Waals surface area contributed by atoms with Crippen LogP contribution in [0, 0.1) is 0 Å². The molecule has 0 radical (unpaired) electrons. The van der Waals surface area contributed by atoms with E-state index in [2.05, 4.69) is 5.32 Å². The highest BCUT2D eigenvalue weighted by molar-refractivity contribution is 8.00. The van der Waals surface area contributed by atoms with Crippen molar-refractivity contribution in [1.29, 1.82) is 0 Å². The van der Waals surface area contributed by atoms with Gasteiger partial charge in [0.2, 0.25) is 5.91 Å². The van der Waals surface area contributed by atoms with Crippen LogP contribution in [0.5, 0.6) is 0 Å². The fourth-order valence-corrected chi connectivity index (χ4v) is 3.24. The van der Waals surface area contributed by atoms with Gasteiger partial charge in [0.15, 0.2) is 0 Å². The van der Waals surface area contributed by atoms with Crippen LogP contribution in [-0.4, -0.2) is 17.7 Å². The molecule has 0 unspecified atom stereocenters. The average molecular weight is 334 g/mol. The number of hydrogen-bond acceptors (Lipinski definition) is 2. The smallest absolute Gasteiger partial charge is 0.233 e. The first-order valence-electron chi connectivity index (χ1n) is 7.39. The third-order valence-corrected chi connectivity index (χ3v) is 4.79. The average Bonchev–Trinajstić information content (AvgIpc) is 2.53. The van der Waals surface area contributed by atoms with Crippen molar-refractivity contribution in [3.63, 3.8) is 0 Å². The van der Waals surface area contributed by atoms with Crippen molar-refractivity contribution < 1.29 is 4.79 Å². The van der Waals surface area contributed by atoms with E-state index in [0.29, 0.717) is 6.54 Å². The van der Waals surface area contributed by atoms with Crippen LogP contribution in [-0.2, 0) is 11.2 Å². The van der Waals surface area contributed by atoms with Crippen molar-refractivity contribution in [1.82, 2.24) is 5.32 Å². The molecule has 2 rings (SSSR count). The number of nitrogens with one attached hydrogen (secondary N) is 1. The lowest BCUT2D eigenvalue weighted by atomic mass is 10.1. The minimum Gasteiger partial charge on any atom is -0.355 e. The maximum Gasteiger partial charge on any atom is 0.233 e. The number of amides is 1. The van der Waals surface area contributed by atoms with Crippen molar-refractivity contribution in [3.05, 3.63) is 65.2 Å². The lowest BCUT2D eigenvalue weighted by Gasteiger charge is -2.12. The number of benzene rings is 2. The molecule has 0 saturated carbocycles. The first kappa shape index (κ1) is 16.9. The van der Waals surface area contributed by atoms with Crippen LogP contribution in [0.25, 0.3) is 0 Å². The third-order valence-electron chi connectivity index (χ3n) is 3.31. The van der Waals surface area contributed by atoms with Crippen LogP contribution in [0.15, 0.2) is 59.5 Å². The molecule has 4 heteroatoms. The summed E-state index contributed by atoms with van der Waals surface area (Å²) < 4.78 is 0. The molecule has 0 aliphatic carbocycles. The van der Waals surface area contributed by atoms with Crippen molar-refractivity contribution in [2.75, 3.05) is 6.54 Å². The zero-order valence-electron chi connectivity index (χ0n) is 12.6. The first-order valence-corrected chi connectivity index (χ1v) is 8.65. The SMILES string of the molecule is C[C@@H](Sc1ccccc1)C(=O)NCCCc1ccccc1Cl. The molecule has 0 heterocycles. The molecule has 1 N–H and O–H groups in total. The Morgan fingerprint density at radius 3 is 2.55 bits per heavy atom. The van der Waals surface area contributed by atoms with Gasteiger partial charge in [-0.15, -0.1) is 11.8 Å². The minimum absolute atomic E-state index is 0.0769. The molecule has 22 heavy (non-hydrogen) atoms. The maximum absolute atomic E-state index is 12.1. The summed E-state index contributed by atoms with van der Waals surface area (Å²) in [5.74, 6) is 0.0769. The zero-order valence-corrected chi connectivity index (χ0v) is 14.2. The second kappa shape index (κ2) is 8.86. The van der Waals surface area contributed by atoms with E-state index >= 15 is 0 Å². The second-order valence-corrected chi connectivity index (χ2v) is 6.88. The number of halogens is 1. The molecular formula is C18H20ClNOS. The van der Waals surface area contributed by atoms with Gasteiger partial charge in [0, 0.05) is 16.5 Å².